The van der Waals surface area contributed by atoms with Gasteiger partial charge in [-0.3, -0.25) is 19.2 Å². The Morgan fingerprint density at radius 3 is 1.51 bits per heavy atom. The average molecular weight is 866 g/mol. The lowest BCUT2D eigenvalue weighted by atomic mass is 9.80. The van der Waals surface area contributed by atoms with Gasteiger partial charge in [0.15, 0.2) is 0 Å². The van der Waals surface area contributed by atoms with E-state index in [-0.39, 0.29) is 47.9 Å². The number of hydrogen-bond acceptors (Lipinski definition) is 7. The Hall–Kier alpha value is -6.57. The number of aromatic amines is 2. The monoisotopic (exact) mass is 865 g/mol. The number of aromatic nitrogens is 2. The van der Waals surface area contributed by atoms with E-state index in [4.69, 9.17) is 5.73 Å². The molecule has 2 atom stereocenters. The Labute approximate surface area is 371 Å². The van der Waals surface area contributed by atoms with Crippen molar-refractivity contribution < 1.29 is 19.2 Å². The van der Waals surface area contributed by atoms with Crippen molar-refractivity contribution in [3.63, 3.8) is 0 Å². The number of benzene rings is 4. The molecule has 0 spiro atoms. The Bertz CT molecular complexity index is 2540. The van der Waals surface area contributed by atoms with Crippen LogP contribution in [-0.2, 0) is 9.59 Å². The summed E-state index contributed by atoms with van der Waals surface area (Å²) < 4.78 is 0. The maximum Gasteiger partial charge on any atom is 0.272 e. The fourth-order valence-corrected chi connectivity index (χ4v) is 9.61. The summed E-state index contributed by atoms with van der Waals surface area (Å²) in [6, 6.07) is 26.5. The molecule has 6 aromatic rings. The zero-order chi connectivity index (χ0) is 42.7. The van der Waals surface area contributed by atoms with Crippen LogP contribution in [0.4, 0.5) is 11.4 Å². The number of anilines is 2. The molecule has 2 fully saturated rings. The van der Waals surface area contributed by atoms with Crippen molar-refractivity contribution in [2.45, 2.75) is 77.2 Å². The molecular weight excluding hydrogens is 814 g/mol. The highest BCUT2D eigenvalue weighted by Gasteiger charge is 2.29. The van der Waals surface area contributed by atoms with Crippen LogP contribution in [-0.4, -0.2) is 52.1 Å². The van der Waals surface area contributed by atoms with Crippen LogP contribution in [0, 0.1) is 17.8 Å². The van der Waals surface area contributed by atoms with Gasteiger partial charge in [0.2, 0.25) is 11.8 Å². The van der Waals surface area contributed by atoms with Gasteiger partial charge in [0.05, 0.1) is 41.0 Å². The van der Waals surface area contributed by atoms with Crippen molar-refractivity contribution in [1.82, 2.24) is 20.8 Å². The standard InChI is InChI=1S/C25H26N4O2.C24H25N5O2.ClH/c1-15(16-8-4-2-5-9-16)24(30)27-18-12-19-22-20(14-26-29-25(19)31)23(28-21(22)13-18)17-10-6-3-7-11-17;25-21(14-7-3-1-4-8-14)24(31)27-16-11-17-20-18(13-26-29-23(17)30)22(28-19(20)12-16)15-9-5-2-6-10-15;/h3,6-7,10-16,28H,2,4-5,8-9H2,1H3,(H,27,30)(H,29,31);2,5-6,9-14,21,28H,1,3-4,7-8,25H2,(H,27,31)(H,29,30);1H/t15-;21-;/m11./s1. The topological polar surface area (TPSA) is 199 Å². The van der Waals surface area contributed by atoms with Crippen LogP contribution in [0.5, 0.6) is 0 Å². The van der Waals surface area contributed by atoms with Gasteiger partial charge in [0, 0.05) is 50.2 Å². The van der Waals surface area contributed by atoms with Crippen LogP contribution in [0.3, 0.4) is 0 Å². The average Bonchev–Trinajstić information content (AvgIpc) is 3.75. The van der Waals surface area contributed by atoms with Crippen LogP contribution >= 0.6 is 12.4 Å². The summed E-state index contributed by atoms with van der Waals surface area (Å²) in [5.74, 6) is -0.208. The van der Waals surface area contributed by atoms with Crippen LogP contribution in [0.1, 0.15) is 103 Å². The van der Waals surface area contributed by atoms with E-state index in [2.05, 4.69) is 41.7 Å². The van der Waals surface area contributed by atoms with E-state index in [9.17, 15) is 19.2 Å². The first-order valence-corrected chi connectivity index (χ1v) is 21.8. The first kappa shape index (κ1) is 43.1. The van der Waals surface area contributed by atoms with E-state index in [1.165, 1.54) is 25.7 Å². The second-order valence-corrected chi connectivity index (χ2v) is 16.9. The number of hydrogen-bond donors (Lipinski definition) is 7. The van der Waals surface area contributed by atoms with Crippen molar-refractivity contribution >= 4 is 81.6 Å². The molecule has 2 aliphatic heterocycles. The lowest BCUT2D eigenvalue weighted by molar-refractivity contribution is -0.121. The number of nitrogens with one attached hydrogen (secondary N) is 6. The number of carbonyl (C=O) groups excluding carboxylic acids is 4. The lowest BCUT2D eigenvalue weighted by Crippen LogP contribution is -2.42. The fourth-order valence-electron chi connectivity index (χ4n) is 9.61. The Balaban J connectivity index is 0.000000170. The molecule has 0 saturated heterocycles. The molecular formula is C49H52ClN9O4. The zero-order valence-electron chi connectivity index (χ0n) is 35.1. The van der Waals surface area contributed by atoms with Gasteiger partial charge in [0.25, 0.3) is 11.8 Å². The summed E-state index contributed by atoms with van der Waals surface area (Å²) in [5.41, 5.74) is 20.6. The quantitative estimate of drug-likeness (QED) is 0.0799. The van der Waals surface area contributed by atoms with Crippen molar-refractivity contribution in [3.05, 3.63) is 107 Å². The van der Waals surface area contributed by atoms with Crippen molar-refractivity contribution in [1.29, 1.82) is 0 Å². The molecule has 0 bridgehead atoms. The second kappa shape index (κ2) is 18.8. The number of amides is 4. The fraction of sp³-hybridized carbons (Fsp3) is 0.306. The van der Waals surface area contributed by atoms with Crippen molar-refractivity contribution in [2.75, 3.05) is 10.6 Å². The van der Waals surface area contributed by atoms with Crippen molar-refractivity contribution in [3.8, 4) is 22.5 Å². The van der Waals surface area contributed by atoms with Gasteiger partial charge in [0.1, 0.15) is 0 Å². The molecule has 2 aliphatic carbocycles. The highest BCUT2D eigenvalue weighted by atomic mass is 35.5. The third kappa shape index (κ3) is 8.89. The predicted octanol–water partition coefficient (Wildman–Crippen LogP) is 9.25. The Morgan fingerprint density at radius 2 is 1.05 bits per heavy atom. The number of nitrogens with zero attached hydrogens (tertiary/aromatic N) is 2. The Kier molecular flexibility index (Phi) is 12.9. The third-order valence-electron chi connectivity index (χ3n) is 13.0. The number of H-pyrrole nitrogens is 2. The molecule has 63 heavy (non-hydrogen) atoms. The molecule has 0 unspecified atom stereocenters. The van der Waals surface area contributed by atoms with Gasteiger partial charge in [-0.15, -0.1) is 12.4 Å². The smallest absolute Gasteiger partial charge is 0.272 e. The molecule has 10 rings (SSSR count). The lowest BCUT2D eigenvalue weighted by Gasteiger charge is -2.26. The maximum atomic E-state index is 13.0. The van der Waals surface area contributed by atoms with E-state index in [1.54, 1.807) is 24.6 Å². The summed E-state index contributed by atoms with van der Waals surface area (Å²) in [6.45, 7) is 2.01. The SMILES string of the molecule is C[C@@H](C(=O)Nc1cc2c3c(c(-c4ccccc4)[nH]c3c1)C=NNC2=O)C1CCCCC1.Cl.N[C@@H](C(=O)Nc1cc2c3c(c(-c4ccccc4)[nH]c3c1)C=NNC2=O)C1CCCCC1. The number of hydrazone groups is 2. The number of carbonyl (C=O) groups is 4. The van der Waals surface area contributed by atoms with E-state index in [0.29, 0.717) is 28.4 Å². The minimum atomic E-state index is -0.550. The van der Waals surface area contributed by atoms with Gasteiger partial charge in [-0.05, 0) is 72.9 Å². The van der Waals surface area contributed by atoms with E-state index < -0.39 is 6.04 Å². The molecule has 4 amide bonds. The van der Waals surface area contributed by atoms with E-state index in [0.717, 1.165) is 94.0 Å². The van der Waals surface area contributed by atoms with E-state index >= 15 is 0 Å². The molecule has 2 aromatic heterocycles. The molecule has 2 saturated carbocycles. The van der Waals surface area contributed by atoms with Crippen LogP contribution < -0.4 is 27.2 Å². The molecule has 14 heteroatoms. The summed E-state index contributed by atoms with van der Waals surface area (Å²) in [7, 11) is 0. The molecule has 4 aliphatic rings. The van der Waals surface area contributed by atoms with Crippen LogP contribution in [0.15, 0.2) is 95.1 Å². The van der Waals surface area contributed by atoms with Crippen molar-refractivity contribution in [2.24, 2.45) is 33.7 Å². The minimum absolute atomic E-state index is 0. The summed E-state index contributed by atoms with van der Waals surface area (Å²) in [5, 5.41) is 15.8. The molecule has 4 aromatic carbocycles. The third-order valence-corrected chi connectivity index (χ3v) is 13.0. The summed E-state index contributed by atoms with van der Waals surface area (Å²) >= 11 is 0. The van der Waals surface area contributed by atoms with Gasteiger partial charge in [-0.25, -0.2) is 10.9 Å². The minimum Gasteiger partial charge on any atom is -0.354 e. The number of halogens is 1. The molecule has 0 radical (unpaired) electrons. The zero-order valence-corrected chi connectivity index (χ0v) is 35.9. The molecule has 13 nitrogen and oxygen atoms in total. The normalized spacial score (nSPS) is 17.0. The van der Waals surface area contributed by atoms with Gasteiger partial charge in [-0.2, -0.15) is 10.2 Å². The largest absolute Gasteiger partial charge is 0.354 e. The summed E-state index contributed by atoms with van der Waals surface area (Å²) in [6.07, 6.45) is 14.6. The molecule has 324 valence electrons. The highest BCUT2D eigenvalue weighted by molar-refractivity contribution is 6.19. The molecule has 8 N–H and O–H groups in total. The van der Waals surface area contributed by atoms with E-state index in [1.807, 2.05) is 79.7 Å². The molecule has 4 heterocycles. The first-order chi connectivity index (χ1) is 30.2. The van der Waals surface area contributed by atoms with Crippen LogP contribution in [0.2, 0.25) is 0 Å². The first-order valence-electron chi connectivity index (χ1n) is 21.8. The van der Waals surface area contributed by atoms with Crippen LogP contribution in [0.25, 0.3) is 44.3 Å². The number of nitrogens with two attached hydrogens (primary N) is 1. The number of rotatable bonds is 8. The van der Waals surface area contributed by atoms with Gasteiger partial charge < -0.3 is 26.3 Å². The predicted molar refractivity (Wildman–Crippen MR) is 252 cm³/mol. The van der Waals surface area contributed by atoms with Gasteiger partial charge >= 0.3 is 0 Å². The maximum absolute atomic E-state index is 13.0. The highest BCUT2D eigenvalue weighted by Crippen LogP contribution is 2.37. The Morgan fingerprint density at radius 1 is 0.619 bits per heavy atom. The van der Waals surface area contributed by atoms with Gasteiger partial charge in [-0.1, -0.05) is 106 Å². The summed E-state index contributed by atoms with van der Waals surface area (Å²) in [4.78, 5) is 58.0. The second-order valence-electron chi connectivity index (χ2n) is 16.9.